The molecule has 1 aliphatic carbocycles. The first-order valence-corrected chi connectivity index (χ1v) is 7.22. The van der Waals surface area contributed by atoms with Gasteiger partial charge in [0.05, 0.1) is 17.6 Å². The van der Waals surface area contributed by atoms with Crippen LogP contribution in [-0.2, 0) is 14.8 Å². The minimum Gasteiger partial charge on any atom is -0.324 e. The van der Waals surface area contributed by atoms with Gasteiger partial charge in [-0.25, -0.2) is 8.42 Å². The number of anilines is 2. The average molecular weight is 254 g/mol. The number of sulfonamides is 1. The lowest BCUT2D eigenvalue weighted by molar-refractivity contribution is -0.117. The molecule has 2 N–H and O–H groups in total. The van der Waals surface area contributed by atoms with Gasteiger partial charge in [-0.05, 0) is 25.0 Å². The standard InChI is InChI=1S/C11H14N2O3S/c1-17(15,16)13-10-5-3-2-4-9(10)12-11(14)8-6-7-8/h2-5,8,13H,6-7H2,1H3,(H,12,14). The van der Waals surface area contributed by atoms with Crippen LogP contribution in [0.5, 0.6) is 0 Å². The molecule has 1 amide bonds. The summed E-state index contributed by atoms with van der Waals surface area (Å²) < 4.78 is 24.7. The van der Waals surface area contributed by atoms with Crippen LogP contribution >= 0.6 is 0 Å². The molecule has 1 saturated carbocycles. The second kappa shape index (κ2) is 4.37. The second-order valence-electron chi connectivity index (χ2n) is 4.18. The van der Waals surface area contributed by atoms with Crippen molar-refractivity contribution in [1.82, 2.24) is 0 Å². The third-order valence-electron chi connectivity index (χ3n) is 2.43. The average Bonchev–Trinajstić information content (AvgIpc) is 3.02. The van der Waals surface area contributed by atoms with Crippen LogP contribution in [0.4, 0.5) is 11.4 Å². The minimum absolute atomic E-state index is 0.0484. The Morgan fingerprint density at radius 1 is 1.24 bits per heavy atom. The van der Waals surface area contributed by atoms with Crippen LogP contribution in [0.15, 0.2) is 24.3 Å². The van der Waals surface area contributed by atoms with Crippen molar-refractivity contribution in [2.24, 2.45) is 5.92 Å². The lowest BCUT2D eigenvalue weighted by atomic mass is 10.2. The molecule has 1 aliphatic rings. The monoisotopic (exact) mass is 254 g/mol. The van der Waals surface area contributed by atoms with Crippen molar-refractivity contribution in [3.8, 4) is 0 Å². The molecule has 0 aliphatic heterocycles. The summed E-state index contributed by atoms with van der Waals surface area (Å²) in [6.07, 6.45) is 2.90. The van der Waals surface area contributed by atoms with Crippen LogP contribution in [-0.4, -0.2) is 20.6 Å². The summed E-state index contributed by atoms with van der Waals surface area (Å²) in [5, 5.41) is 2.73. The third-order valence-corrected chi connectivity index (χ3v) is 3.02. The number of carbonyl (C=O) groups excluding carboxylic acids is 1. The zero-order chi connectivity index (χ0) is 12.5. The quantitative estimate of drug-likeness (QED) is 0.853. The summed E-state index contributed by atoms with van der Waals surface area (Å²) in [4.78, 5) is 11.6. The van der Waals surface area contributed by atoms with Crippen LogP contribution in [0, 0.1) is 5.92 Å². The van der Waals surface area contributed by atoms with Gasteiger partial charge in [-0.1, -0.05) is 12.1 Å². The van der Waals surface area contributed by atoms with E-state index in [9.17, 15) is 13.2 Å². The molecule has 0 spiro atoms. The van der Waals surface area contributed by atoms with E-state index in [1.807, 2.05) is 0 Å². The highest BCUT2D eigenvalue weighted by Gasteiger charge is 2.29. The fourth-order valence-electron chi connectivity index (χ4n) is 1.46. The Morgan fingerprint density at radius 2 is 1.82 bits per heavy atom. The Bertz CT molecular complexity index is 535. The van der Waals surface area contributed by atoms with E-state index < -0.39 is 10.0 Å². The minimum atomic E-state index is -3.34. The number of carbonyl (C=O) groups is 1. The second-order valence-corrected chi connectivity index (χ2v) is 5.93. The van der Waals surface area contributed by atoms with Gasteiger partial charge in [0.1, 0.15) is 0 Å². The molecule has 0 saturated heterocycles. The van der Waals surface area contributed by atoms with Crippen molar-refractivity contribution >= 4 is 27.3 Å². The highest BCUT2D eigenvalue weighted by atomic mass is 32.2. The summed E-state index contributed by atoms with van der Waals surface area (Å²) >= 11 is 0. The van der Waals surface area contributed by atoms with E-state index in [1.165, 1.54) is 0 Å². The normalized spacial score (nSPS) is 15.4. The number of amides is 1. The van der Waals surface area contributed by atoms with Crippen molar-refractivity contribution < 1.29 is 13.2 Å². The molecule has 0 aromatic heterocycles. The maximum atomic E-state index is 11.6. The van der Waals surface area contributed by atoms with Crippen molar-refractivity contribution in [3.63, 3.8) is 0 Å². The molecule has 0 radical (unpaired) electrons. The lowest BCUT2D eigenvalue weighted by Gasteiger charge is -2.11. The maximum Gasteiger partial charge on any atom is 0.229 e. The van der Waals surface area contributed by atoms with Crippen molar-refractivity contribution in [2.45, 2.75) is 12.8 Å². The van der Waals surface area contributed by atoms with Crippen LogP contribution in [0.25, 0.3) is 0 Å². The van der Waals surface area contributed by atoms with E-state index in [0.717, 1.165) is 19.1 Å². The number of para-hydroxylation sites is 2. The summed E-state index contributed by atoms with van der Waals surface area (Å²) in [7, 11) is -3.34. The number of nitrogens with one attached hydrogen (secondary N) is 2. The van der Waals surface area contributed by atoms with Gasteiger partial charge in [-0.2, -0.15) is 0 Å². The molecule has 5 nitrogen and oxygen atoms in total. The van der Waals surface area contributed by atoms with Crippen LogP contribution in [0.2, 0.25) is 0 Å². The van der Waals surface area contributed by atoms with Crippen molar-refractivity contribution in [1.29, 1.82) is 0 Å². The molecule has 0 atom stereocenters. The molecule has 2 rings (SSSR count). The van der Waals surface area contributed by atoms with Crippen molar-refractivity contribution in [2.75, 3.05) is 16.3 Å². The summed E-state index contributed by atoms with van der Waals surface area (Å²) in [6, 6.07) is 6.74. The van der Waals surface area contributed by atoms with Gasteiger partial charge in [0, 0.05) is 5.92 Å². The molecule has 1 aromatic rings. The van der Waals surface area contributed by atoms with Crippen molar-refractivity contribution in [3.05, 3.63) is 24.3 Å². The molecule has 6 heteroatoms. The zero-order valence-electron chi connectivity index (χ0n) is 9.43. The molecule has 1 aromatic carbocycles. The summed E-state index contributed by atoms with van der Waals surface area (Å²) in [6.45, 7) is 0. The fourth-order valence-corrected chi connectivity index (χ4v) is 2.04. The van der Waals surface area contributed by atoms with Gasteiger partial charge in [-0.3, -0.25) is 9.52 Å². The van der Waals surface area contributed by atoms with Crippen LogP contribution in [0.1, 0.15) is 12.8 Å². The lowest BCUT2D eigenvalue weighted by Crippen LogP contribution is -2.16. The SMILES string of the molecule is CS(=O)(=O)Nc1ccccc1NC(=O)C1CC1. The Morgan fingerprint density at radius 3 is 2.35 bits per heavy atom. The first kappa shape index (κ1) is 11.9. The fraction of sp³-hybridized carbons (Fsp3) is 0.364. The van der Waals surface area contributed by atoms with E-state index >= 15 is 0 Å². The predicted molar refractivity (Wildman–Crippen MR) is 66.3 cm³/mol. The maximum absolute atomic E-state index is 11.6. The molecule has 0 bridgehead atoms. The van der Waals surface area contributed by atoms with E-state index in [4.69, 9.17) is 0 Å². The van der Waals surface area contributed by atoms with Gasteiger partial charge >= 0.3 is 0 Å². The summed E-state index contributed by atoms with van der Waals surface area (Å²) in [5.41, 5.74) is 0.888. The molecular formula is C11H14N2O3S. The number of hydrogen-bond acceptors (Lipinski definition) is 3. The van der Waals surface area contributed by atoms with E-state index in [2.05, 4.69) is 10.0 Å². The first-order valence-electron chi connectivity index (χ1n) is 5.33. The molecule has 17 heavy (non-hydrogen) atoms. The molecule has 0 heterocycles. The van der Waals surface area contributed by atoms with Gasteiger partial charge in [0.25, 0.3) is 0 Å². The Labute approximate surface area is 100 Å². The number of benzene rings is 1. The van der Waals surface area contributed by atoms with Gasteiger partial charge in [-0.15, -0.1) is 0 Å². The topological polar surface area (TPSA) is 75.3 Å². The van der Waals surface area contributed by atoms with E-state index in [1.54, 1.807) is 24.3 Å². The van der Waals surface area contributed by atoms with Gasteiger partial charge in [0.15, 0.2) is 0 Å². The third kappa shape index (κ3) is 3.45. The Kier molecular flexibility index (Phi) is 3.06. The number of hydrogen-bond donors (Lipinski definition) is 2. The predicted octanol–water partition coefficient (Wildman–Crippen LogP) is 1.41. The number of rotatable bonds is 4. The smallest absolute Gasteiger partial charge is 0.229 e. The highest BCUT2D eigenvalue weighted by molar-refractivity contribution is 7.92. The molecule has 1 fully saturated rings. The van der Waals surface area contributed by atoms with Crippen LogP contribution in [0.3, 0.4) is 0 Å². The Hall–Kier alpha value is -1.56. The molecule has 92 valence electrons. The van der Waals surface area contributed by atoms with Crippen LogP contribution < -0.4 is 10.0 Å². The first-order chi connectivity index (χ1) is 7.96. The molecular weight excluding hydrogens is 240 g/mol. The van der Waals surface area contributed by atoms with Gasteiger partial charge < -0.3 is 5.32 Å². The largest absolute Gasteiger partial charge is 0.324 e. The Balaban J connectivity index is 2.17. The van der Waals surface area contributed by atoms with E-state index in [0.29, 0.717) is 11.4 Å². The summed E-state index contributed by atoms with van der Waals surface area (Å²) in [5.74, 6) is 0.0361. The van der Waals surface area contributed by atoms with Gasteiger partial charge in [0.2, 0.25) is 15.9 Å². The zero-order valence-corrected chi connectivity index (χ0v) is 10.3. The highest BCUT2D eigenvalue weighted by Crippen LogP contribution is 2.31. The van der Waals surface area contributed by atoms with E-state index in [-0.39, 0.29) is 11.8 Å². The molecule has 0 unspecified atom stereocenters.